The smallest absolute Gasteiger partial charge is 0.416 e. The molecule has 0 saturated heterocycles. The van der Waals surface area contributed by atoms with Crippen LogP contribution in [0.3, 0.4) is 0 Å². The number of fused-ring (bicyclic) bond motifs is 1. The first-order valence-corrected chi connectivity index (χ1v) is 17.6. The molecule has 2 aromatic carbocycles. The van der Waals surface area contributed by atoms with Crippen LogP contribution < -0.4 is 15.4 Å². The van der Waals surface area contributed by atoms with Gasteiger partial charge in [0.1, 0.15) is 5.75 Å². The Kier molecular flexibility index (Phi) is 14.2. The molecule has 2 aromatic rings. The van der Waals surface area contributed by atoms with Gasteiger partial charge in [-0.05, 0) is 88.9 Å². The number of nitrogens with one attached hydrogen (secondary N) is 2. The first-order valence-electron chi connectivity index (χ1n) is 17.6. The number of ether oxygens (including phenoxy) is 2. The highest BCUT2D eigenvalue weighted by atomic mass is 19.4. The van der Waals surface area contributed by atoms with Crippen molar-refractivity contribution in [3.63, 3.8) is 0 Å². The molecular weight excluding hydrogens is 637 g/mol. The van der Waals surface area contributed by atoms with Gasteiger partial charge in [0.25, 0.3) is 5.91 Å². The zero-order chi connectivity index (χ0) is 35.6. The van der Waals surface area contributed by atoms with E-state index in [9.17, 15) is 27.9 Å². The molecule has 1 aliphatic heterocycles. The zero-order valence-electron chi connectivity index (χ0n) is 29.2. The predicted octanol–water partition coefficient (Wildman–Crippen LogP) is 7.09. The molecule has 1 heterocycles. The van der Waals surface area contributed by atoms with Gasteiger partial charge >= 0.3 is 12.2 Å². The summed E-state index contributed by atoms with van der Waals surface area (Å²) in [6.45, 7) is 7.17. The van der Waals surface area contributed by atoms with Gasteiger partial charge in [-0.2, -0.15) is 13.2 Å². The van der Waals surface area contributed by atoms with E-state index in [2.05, 4.69) is 10.6 Å². The number of carbonyl (C=O) groups excluding carboxylic acids is 2. The third-order valence-corrected chi connectivity index (χ3v) is 9.48. The van der Waals surface area contributed by atoms with Crippen molar-refractivity contribution in [2.45, 2.75) is 109 Å². The predicted molar refractivity (Wildman–Crippen MR) is 184 cm³/mol. The summed E-state index contributed by atoms with van der Waals surface area (Å²) in [5.41, 5.74) is 0.825. The standard InChI is InChI=1S/C37H53F3N4O5/c1-25-21-44(26(2)24-45)35(46)32-20-31(42-36(47)41-30-11-6-5-7-12-30)17-18-33(32)49-27(3)10-8-9-19-48-34(25)23-43(4)22-28-13-15-29(16-14-28)37(38,39)40/h13-18,20,25-27,30,34,45H,5-12,19,21-24H2,1-4H3,(H2,41,42,47)/t25-,26+,27-,34+/m1/s1. The van der Waals surface area contributed by atoms with Crippen LogP contribution in [0.15, 0.2) is 42.5 Å². The maximum Gasteiger partial charge on any atom is 0.416 e. The summed E-state index contributed by atoms with van der Waals surface area (Å²) in [5.74, 6) is -0.0812. The first kappa shape index (κ1) is 38.5. The average Bonchev–Trinajstić information content (AvgIpc) is 3.06. The van der Waals surface area contributed by atoms with Crippen molar-refractivity contribution in [2.24, 2.45) is 5.92 Å². The number of hydrogen-bond acceptors (Lipinski definition) is 6. The van der Waals surface area contributed by atoms with E-state index in [4.69, 9.17) is 9.47 Å². The molecule has 0 unspecified atom stereocenters. The second kappa shape index (κ2) is 18.1. The molecule has 1 fully saturated rings. The van der Waals surface area contributed by atoms with Crippen molar-refractivity contribution in [2.75, 3.05) is 38.7 Å². The Hall–Kier alpha value is -3.35. The Morgan fingerprint density at radius 2 is 1.73 bits per heavy atom. The van der Waals surface area contributed by atoms with Crippen LogP contribution in [0.2, 0.25) is 0 Å². The van der Waals surface area contributed by atoms with Crippen molar-refractivity contribution in [1.82, 2.24) is 15.1 Å². The van der Waals surface area contributed by atoms with Gasteiger partial charge in [0.15, 0.2) is 0 Å². The highest BCUT2D eigenvalue weighted by Gasteiger charge is 2.32. The van der Waals surface area contributed by atoms with Gasteiger partial charge in [0, 0.05) is 43.9 Å². The van der Waals surface area contributed by atoms with E-state index in [0.717, 1.165) is 62.6 Å². The number of halogens is 3. The molecule has 4 atom stereocenters. The van der Waals surface area contributed by atoms with Gasteiger partial charge in [0.05, 0.1) is 36.0 Å². The van der Waals surface area contributed by atoms with E-state index < -0.39 is 17.8 Å². The van der Waals surface area contributed by atoms with E-state index in [1.807, 2.05) is 25.8 Å². The molecule has 3 amide bonds. The van der Waals surface area contributed by atoms with Crippen LogP contribution in [0.25, 0.3) is 0 Å². The molecule has 1 saturated carbocycles. The number of hydrogen-bond donors (Lipinski definition) is 3. The van der Waals surface area contributed by atoms with Gasteiger partial charge in [-0.1, -0.05) is 38.3 Å². The van der Waals surface area contributed by atoms with Crippen LogP contribution in [0.1, 0.15) is 93.6 Å². The summed E-state index contributed by atoms with van der Waals surface area (Å²) in [6.07, 6.45) is 2.78. The number of rotatable bonds is 8. The SMILES string of the molecule is C[C@@H]1CCCCO[C@@H](CN(C)Cc2ccc(C(F)(F)F)cc2)[C@H](C)CN([C@@H](C)CO)C(=O)c2cc(NC(=O)NC3CCCCC3)ccc2O1. The number of likely N-dealkylation sites (N-methyl/N-ethyl adjacent to an activating group) is 1. The third kappa shape index (κ3) is 11.6. The Morgan fingerprint density at radius 3 is 2.41 bits per heavy atom. The van der Waals surface area contributed by atoms with Crippen LogP contribution in [-0.2, 0) is 17.5 Å². The molecule has 0 spiro atoms. The van der Waals surface area contributed by atoms with Crippen LogP contribution in [-0.4, -0.2) is 84.5 Å². The first-order chi connectivity index (χ1) is 23.3. The minimum Gasteiger partial charge on any atom is -0.490 e. The molecular formula is C37H53F3N4O5. The monoisotopic (exact) mass is 690 g/mol. The number of carbonyl (C=O) groups is 2. The Labute approximate surface area is 288 Å². The lowest BCUT2D eigenvalue weighted by Gasteiger charge is -2.36. The summed E-state index contributed by atoms with van der Waals surface area (Å²) < 4.78 is 51.9. The quantitative estimate of drug-likeness (QED) is 0.274. The molecule has 12 heteroatoms. The zero-order valence-corrected chi connectivity index (χ0v) is 29.2. The molecule has 9 nitrogen and oxygen atoms in total. The third-order valence-electron chi connectivity index (χ3n) is 9.48. The molecule has 49 heavy (non-hydrogen) atoms. The van der Waals surface area contributed by atoms with Gasteiger partial charge < -0.3 is 30.1 Å². The average molecular weight is 691 g/mol. The molecule has 272 valence electrons. The van der Waals surface area contributed by atoms with Crippen molar-refractivity contribution < 1.29 is 37.3 Å². The lowest BCUT2D eigenvalue weighted by Crippen LogP contribution is -2.47. The fourth-order valence-corrected chi connectivity index (χ4v) is 6.54. The Balaban J connectivity index is 1.54. The van der Waals surface area contributed by atoms with Crippen molar-refractivity contribution in [3.8, 4) is 5.75 Å². The lowest BCUT2D eigenvalue weighted by molar-refractivity contribution is -0.137. The number of nitrogens with zero attached hydrogens (tertiary/aromatic N) is 2. The van der Waals surface area contributed by atoms with Gasteiger partial charge in [-0.15, -0.1) is 0 Å². The number of aliphatic hydroxyl groups is 1. The molecule has 1 aliphatic carbocycles. The molecule has 0 radical (unpaired) electrons. The second-order valence-corrected chi connectivity index (χ2v) is 13.8. The number of amides is 3. The normalized spacial score (nSPS) is 22.5. The highest BCUT2D eigenvalue weighted by molar-refractivity contribution is 5.99. The van der Waals surface area contributed by atoms with E-state index >= 15 is 0 Å². The van der Waals surface area contributed by atoms with E-state index in [0.29, 0.717) is 36.7 Å². The number of aliphatic hydroxyl groups excluding tert-OH is 1. The maximum absolute atomic E-state index is 14.4. The number of anilines is 1. The van der Waals surface area contributed by atoms with Gasteiger partial charge in [-0.3, -0.25) is 9.69 Å². The minimum absolute atomic E-state index is 0.128. The highest BCUT2D eigenvalue weighted by Crippen LogP contribution is 2.30. The fourth-order valence-electron chi connectivity index (χ4n) is 6.54. The molecule has 4 rings (SSSR count). The molecule has 3 N–H and O–H groups in total. The lowest BCUT2D eigenvalue weighted by atomic mass is 9.96. The Morgan fingerprint density at radius 1 is 1.04 bits per heavy atom. The topological polar surface area (TPSA) is 103 Å². The van der Waals surface area contributed by atoms with Crippen LogP contribution in [0.5, 0.6) is 5.75 Å². The maximum atomic E-state index is 14.4. The second-order valence-electron chi connectivity index (χ2n) is 13.8. The number of benzene rings is 2. The summed E-state index contributed by atoms with van der Waals surface area (Å²) >= 11 is 0. The van der Waals surface area contributed by atoms with E-state index in [-0.39, 0.29) is 49.3 Å². The van der Waals surface area contributed by atoms with Crippen LogP contribution in [0.4, 0.5) is 23.7 Å². The number of alkyl halides is 3. The number of urea groups is 1. The Bertz CT molecular complexity index is 1350. The van der Waals surface area contributed by atoms with Crippen LogP contribution >= 0.6 is 0 Å². The molecule has 2 aliphatic rings. The van der Waals surface area contributed by atoms with E-state index in [1.54, 1.807) is 30.0 Å². The molecule has 0 aromatic heterocycles. The van der Waals surface area contributed by atoms with Crippen molar-refractivity contribution >= 4 is 17.6 Å². The summed E-state index contributed by atoms with van der Waals surface area (Å²) in [6, 6.07) is 9.56. The van der Waals surface area contributed by atoms with Gasteiger partial charge in [-0.25, -0.2) is 4.79 Å². The van der Waals surface area contributed by atoms with Gasteiger partial charge in [0.2, 0.25) is 0 Å². The molecule has 0 bridgehead atoms. The van der Waals surface area contributed by atoms with E-state index in [1.165, 1.54) is 18.6 Å². The minimum atomic E-state index is -4.39. The van der Waals surface area contributed by atoms with Crippen molar-refractivity contribution in [1.29, 1.82) is 0 Å². The summed E-state index contributed by atoms with van der Waals surface area (Å²) in [4.78, 5) is 30.9. The fraction of sp³-hybridized carbons (Fsp3) is 0.622. The van der Waals surface area contributed by atoms with Crippen molar-refractivity contribution in [3.05, 3.63) is 59.2 Å². The largest absolute Gasteiger partial charge is 0.490 e. The van der Waals surface area contributed by atoms with Crippen LogP contribution in [0, 0.1) is 5.92 Å². The summed E-state index contributed by atoms with van der Waals surface area (Å²) in [7, 11) is 1.90. The summed E-state index contributed by atoms with van der Waals surface area (Å²) in [5, 5.41) is 16.2.